The lowest BCUT2D eigenvalue weighted by atomic mass is 10.2. The third-order valence-electron chi connectivity index (χ3n) is 3.26. The van der Waals surface area contributed by atoms with E-state index < -0.39 is 6.04 Å². The first kappa shape index (κ1) is 14.2. The summed E-state index contributed by atoms with van der Waals surface area (Å²) >= 11 is 0. The lowest BCUT2D eigenvalue weighted by Gasteiger charge is -2.11. The molecule has 0 aromatic carbocycles. The summed E-state index contributed by atoms with van der Waals surface area (Å²) in [4.78, 5) is 38.6. The zero-order valence-corrected chi connectivity index (χ0v) is 11.4. The Morgan fingerprint density at radius 3 is 2.95 bits per heavy atom. The van der Waals surface area contributed by atoms with E-state index in [4.69, 9.17) is 0 Å². The summed E-state index contributed by atoms with van der Waals surface area (Å²) in [6.07, 6.45) is 3.12. The number of rotatable bonds is 5. The summed E-state index contributed by atoms with van der Waals surface area (Å²) in [6, 6.07) is 1.05. The standard InChI is InChI=1S/C13H18N4O3/c1-2-9-7-12(19)17(8-15-9)6-5-14-13(20)10-3-4-11(18)16-10/h7-8,10H,2-6H2,1H3,(H,14,20)(H,16,18). The second kappa shape index (κ2) is 6.31. The van der Waals surface area contributed by atoms with E-state index >= 15 is 0 Å². The van der Waals surface area contributed by atoms with Crippen LogP contribution < -0.4 is 16.2 Å². The van der Waals surface area contributed by atoms with Gasteiger partial charge in [0.1, 0.15) is 6.04 Å². The van der Waals surface area contributed by atoms with Crippen LogP contribution in [0, 0.1) is 0 Å². The molecule has 1 saturated heterocycles. The number of amides is 2. The summed E-state index contributed by atoms with van der Waals surface area (Å²) in [5.41, 5.74) is 0.629. The smallest absolute Gasteiger partial charge is 0.253 e. The van der Waals surface area contributed by atoms with Gasteiger partial charge in [0.15, 0.2) is 0 Å². The molecule has 7 nitrogen and oxygen atoms in total. The minimum absolute atomic E-state index is 0.0966. The molecule has 2 heterocycles. The van der Waals surface area contributed by atoms with Crippen molar-refractivity contribution in [3.05, 3.63) is 28.4 Å². The van der Waals surface area contributed by atoms with Crippen LogP contribution in [0.2, 0.25) is 0 Å². The number of nitrogens with zero attached hydrogens (tertiary/aromatic N) is 2. The van der Waals surface area contributed by atoms with Crippen LogP contribution >= 0.6 is 0 Å². The topological polar surface area (TPSA) is 93.1 Å². The van der Waals surface area contributed by atoms with Gasteiger partial charge >= 0.3 is 0 Å². The molecule has 1 unspecified atom stereocenters. The highest BCUT2D eigenvalue weighted by Crippen LogP contribution is 2.05. The molecule has 0 bridgehead atoms. The molecule has 0 spiro atoms. The lowest BCUT2D eigenvalue weighted by molar-refractivity contribution is -0.125. The van der Waals surface area contributed by atoms with Gasteiger partial charge in [-0.05, 0) is 12.8 Å². The second-order valence-corrected chi connectivity index (χ2v) is 4.72. The molecular weight excluding hydrogens is 260 g/mol. The zero-order chi connectivity index (χ0) is 14.5. The monoisotopic (exact) mass is 278 g/mol. The predicted octanol–water partition coefficient (Wildman–Crippen LogP) is -0.799. The molecule has 1 fully saturated rings. The van der Waals surface area contributed by atoms with Crippen molar-refractivity contribution >= 4 is 11.8 Å². The lowest BCUT2D eigenvalue weighted by Crippen LogP contribution is -2.43. The molecule has 1 atom stereocenters. The zero-order valence-electron chi connectivity index (χ0n) is 11.4. The maximum atomic E-state index is 11.7. The average Bonchev–Trinajstić information content (AvgIpc) is 2.87. The Balaban J connectivity index is 1.82. The van der Waals surface area contributed by atoms with Gasteiger partial charge in [-0.2, -0.15) is 0 Å². The molecule has 1 aliphatic heterocycles. The molecule has 1 aliphatic rings. The van der Waals surface area contributed by atoms with Crippen molar-refractivity contribution in [3.63, 3.8) is 0 Å². The summed E-state index contributed by atoms with van der Waals surface area (Å²) in [6.45, 7) is 2.63. The fourth-order valence-corrected chi connectivity index (χ4v) is 2.06. The SMILES string of the molecule is CCc1cc(=O)n(CCNC(=O)C2CCC(=O)N2)cn1. The maximum Gasteiger partial charge on any atom is 0.253 e. The third kappa shape index (κ3) is 3.43. The normalized spacial score (nSPS) is 17.9. The number of carbonyl (C=O) groups excluding carboxylic acids is 2. The highest BCUT2D eigenvalue weighted by Gasteiger charge is 2.26. The molecule has 2 rings (SSSR count). The Morgan fingerprint density at radius 1 is 1.55 bits per heavy atom. The van der Waals surface area contributed by atoms with E-state index in [1.54, 1.807) is 0 Å². The molecule has 108 valence electrons. The van der Waals surface area contributed by atoms with Gasteiger partial charge < -0.3 is 10.6 Å². The van der Waals surface area contributed by atoms with Crippen molar-refractivity contribution in [3.8, 4) is 0 Å². The molecular formula is C13H18N4O3. The van der Waals surface area contributed by atoms with Crippen molar-refractivity contribution in [1.29, 1.82) is 0 Å². The van der Waals surface area contributed by atoms with Crippen molar-refractivity contribution in [1.82, 2.24) is 20.2 Å². The first-order valence-corrected chi connectivity index (χ1v) is 6.72. The fraction of sp³-hybridized carbons (Fsp3) is 0.538. The number of hydrogen-bond acceptors (Lipinski definition) is 4. The molecule has 1 aromatic heterocycles. The highest BCUT2D eigenvalue weighted by atomic mass is 16.2. The largest absolute Gasteiger partial charge is 0.353 e. The van der Waals surface area contributed by atoms with Gasteiger partial charge in [0.25, 0.3) is 5.56 Å². The van der Waals surface area contributed by atoms with Crippen LogP contribution in [0.4, 0.5) is 0 Å². The first-order chi connectivity index (χ1) is 9.60. The fourth-order valence-electron chi connectivity index (χ4n) is 2.06. The van der Waals surface area contributed by atoms with Crippen molar-refractivity contribution in [2.24, 2.45) is 0 Å². The summed E-state index contributed by atoms with van der Waals surface area (Å²) in [7, 11) is 0. The Labute approximate surface area is 116 Å². The van der Waals surface area contributed by atoms with Crippen LogP contribution in [0.1, 0.15) is 25.5 Å². The Hall–Kier alpha value is -2.18. The van der Waals surface area contributed by atoms with E-state index in [0.717, 1.165) is 5.69 Å². The van der Waals surface area contributed by atoms with Gasteiger partial charge in [-0.15, -0.1) is 0 Å². The van der Waals surface area contributed by atoms with Gasteiger partial charge in [-0.3, -0.25) is 19.0 Å². The molecule has 1 aromatic rings. The average molecular weight is 278 g/mol. The van der Waals surface area contributed by atoms with Crippen LogP contribution in [0.15, 0.2) is 17.2 Å². The molecule has 7 heteroatoms. The van der Waals surface area contributed by atoms with Crippen molar-refractivity contribution < 1.29 is 9.59 Å². The summed E-state index contributed by atoms with van der Waals surface area (Å²) < 4.78 is 1.45. The number of aryl methyl sites for hydroxylation is 1. The number of aromatic nitrogens is 2. The molecule has 2 N–H and O–H groups in total. The van der Waals surface area contributed by atoms with Crippen LogP contribution in [-0.4, -0.2) is 34.0 Å². The minimum atomic E-state index is -0.445. The number of nitrogens with one attached hydrogen (secondary N) is 2. The van der Waals surface area contributed by atoms with Crippen molar-refractivity contribution in [2.75, 3.05) is 6.54 Å². The van der Waals surface area contributed by atoms with Crippen LogP contribution in [0.5, 0.6) is 0 Å². The quantitative estimate of drug-likeness (QED) is 0.737. The highest BCUT2D eigenvalue weighted by molar-refractivity contribution is 5.90. The molecule has 0 radical (unpaired) electrons. The van der Waals surface area contributed by atoms with Gasteiger partial charge in [0.2, 0.25) is 11.8 Å². The third-order valence-corrected chi connectivity index (χ3v) is 3.26. The Kier molecular flexibility index (Phi) is 4.49. The van der Waals surface area contributed by atoms with Gasteiger partial charge in [-0.25, -0.2) is 4.98 Å². The Morgan fingerprint density at radius 2 is 2.35 bits per heavy atom. The molecule has 20 heavy (non-hydrogen) atoms. The molecule has 0 aliphatic carbocycles. The summed E-state index contributed by atoms with van der Waals surface area (Å²) in [5, 5.41) is 5.31. The number of hydrogen-bond donors (Lipinski definition) is 2. The Bertz CT molecular complexity index is 567. The van der Waals surface area contributed by atoms with Crippen LogP contribution in [0.3, 0.4) is 0 Å². The van der Waals surface area contributed by atoms with Crippen LogP contribution in [-0.2, 0) is 22.6 Å². The minimum Gasteiger partial charge on any atom is -0.353 e. The maximum absolute atomic E-state index is 11.7. The predicted molar refractivity (Wildman–Crippen MR) is 72.0 cm³/mol. The molecule has 2 amide bonds. The van der Waals surface area contributed by atoms with E-state index in [1.807, 2.05) is 6.92 Å². The van der Waals surface area contributed by atoms with Gasteiger partial charge in [0.05, 0.1) is 6.33 Å². The van der Waals surface area contributed by atoms with Crippen molar-refractivity contribution in [2.45, 2.75) is 38.8 Å². The second-order valence-electron chi connectivity index (χ2n) is 4.72. The van der Waals surface area contributed by atoms with Crippen LogP contribution in [0.25, 0.3) is 0 Å². The van der Waals surface area contributed by atoms with E-state index in [0.29, 0.717) is 32.4 Å². The summed E-state index contributed by atoms with van der Waals surface area (Å²) in [5.74, 6) is -0.303. The number of carbonyl (C=O) groups is 2. The van der Waals surface area contributed by atoms with Gasteiger partial charge in [0, 0.05) is 31.3 Å². The van der Waals surface area contributed by atoms with E-state index in [2.05, 4.69) is 15.6 Å². The first-order valence-electron chi connectivity index (χ1n) is 6.72. The molecule has 0 saturated carbocycles. The van der Waals surface area contributed by atoms with Gasteiger partial charge in [-0.1, -0.05) is 6.92 Å². The van der Waals surface area contributed by atoms with E-state index in [-0.39, 0.29) is 17.4 Å². The van der Waals surface area contributed by atoms with E-state index in [9.17, 15) is 14.4 Å². The van der Waals surface area contributed by atoms with E-state index in [1.165, 1.54) is 17.0 Å².